The standard InChI is InChI=1S/C31H29N9OS2/c1-2-41-30(42)43-31(27-21-38(35-32-27)18-24-12-6-3-7-13-24,28-22-39(36-33-28)19-25-14-8-4-9-15-25)29-23-40(37-34-29)20-26-16-10-5-11-17-26/h3-17,21-23H,2,18-20H2,1H3. The molecular formula is C31H29N9OS2. The molecule has 0 saturated carbocycles. The molecule has 0 bridgehead atoms. The molecule has 0 saturated heterocycles. The third-order valence-electron chi connectivity index (χ3n) is 6.76. The second-order valence-corrected chi connectivity index (χ2v) is 11.6. The highest BCUT2D eigenvalue weighted by atomic mass is 32.2. The molecule has 0 amide bonds. The van der Waals surface area contributed by atoms with Gasteiger partial charge in [0.05, 0.1) is 44.8 Å². The molecule has 0 atom stereocenters. The maximum Gasteiger partial charge on any atom is 0.221 e. The van der Waals surface area contributed by atoms with Crippen LogP contribution in [0.5, 0.6) is 0 Å². The Morgan fingerprint density at radius 3 is 1.30 bits per heavy atom. The quantitative estimate of drug-likeness (QED) is 0.189. The van der Waals surface area contributed by atoms with Gasteiger partial charge in [-0.3, -0.25) is 0 Å². The molecular weight excluding hydrogens is 579 g/mol. The second-order valence-electron chi connectivity index (χ2n) is 9.83. The Labute approximate surface area is 258 Å². The molecule has 0 aliphatic rings. The van der Waals surface area contributed by atoms with Crippen LogP contribution in [0.3, 0.4) is 0 Å². The lowest BCUT2D eigenvalue weighted by Crippen LogP contribution is -2.29. The maximum absolute atomic E-state index is 5.80. The summed E-state index contributed by atoms with van der Waals surface area (Å²) >= 11 is 7.01. The molecule has 0 N–H and O–H groups in total. The van der Waals surface area contributed by atoms with Crippen molar-refractivity contribution >= 4 is 28.4 Å². The molecule has 216 valence electrons. The summed E-state index contributed by atoms with van der Waals surface area (Å²) in [6.07, 6.45) is 5.71. The lowest BCUT2D eigenvalue weighted by molar-refractivity contribution is 0.346. The van der Waals surface area contributed by atoms with E-state index in [0.717, 1.165) is 16.7 Å². The average molecular weight is 608 g/mol. The Balaban J connectivity index is 1.45. The molecule has 0 aliphatic carbocycles. The summed E-state index contributed by atoms with van der Waals surface area (Å²) in [6, 6.07) is 30.3. The molecule has 0 aliphatic heterocycles. The third-order valence-corrected chi connectivity index (χ3v) is 8.34. The lowest BCUT2D eigenvalue weighted by atomic mass is 9.97. The van der Waals surface area contributed by atoms with Crippen LogP contribution < -0.4 is 0 Å². The van der Waals surface area contributed by atoms with E-state index in [-0.39, 0.29) is 0 Å². The summed E-state index contributed by atoms with van der Waals surface area (Å²) in [5.74, 6) is 0. The minimum atomic E-state index is -1.13. The number of thioether (sulfide) groups is 1. The van der Waals surface area contributed by atoms with Gasteiger partial charge in [0.1, 0.15) is 17.1 Å². The first kappa shape index (κ1) is 28.4. The highest BCUT2D eigenvalue weighted by molar-refractivity contribution is 8.23. The monoisotopic (exact) mass is 607 g/mol. The smallest absolute Gasteiger partial charge is 0.221 e. The van der Waals surface area contributed by atoms with E-state index in [1.165, 1.54) is 11.8 Å². The Kier molecular flexibility index (Phi) is 8.66. The van der Waals surface area contributed by atoms with Gasteiger partial charge in [-0.1, -0.05) is 107 Å². The van der Waals surface area contributed by atoms with Gasteiger partial charge in [-0.15, -0.1) is 15.3 Å². The van der Waals surface area contributed by atoms with Crippen LogP contribution in [0.4, 0.5) is 0 Å². The number of thiocarbonyl (C=S) groups is 1. The normalized spacial score (nSPS) is 11.5. The molecule has 0 radical (unpaired) electrons. The van der Waals surface area contributed by atoms with Crippen LogP contribution in [0, 0.1) is 0 Å². The SMILES string of the molecule is CCOC(=S)SC(c1cn(Cc2ccccc2)nn1)(c1cn(Cc2ccccc2)nn1)c1cn(Cc2ccccc2)nn1. The highest BCUT2D eigenvalue weighted by Gasteiger charge is 2.47. The van der Waals surface area contributed by atoms with Crippen molar-refractivity contribution in [1.29, 1.82) is 0 Å². The van der Waals surface area contributed by atoms with Gasteiger partial charge in [0, 0.05) is 0 Å². The van der Waals surface area contributed by atoms with Gasteiger partial charge >= 0.3 is 0 Å². The molecule has 0 spiro atoms. The van der Waals surface area contributed by atoms with Gasteiger partial charge in [-0.25, -0.2) is 14.0 Å². The lowest BCUT2D eigenvalue weighted by Gasteiger charge is -2.26. The van der Waals surface area contributed by atoms with Gasteiger partial charge in [0.15, 0.2) is 4.75 Å². The summed E-state index contributed by atoms with van der Waals surface area (Å²) in [4.78, 5) is 0. The first-order valence-electron chi connectivity index (χ1n) is 13.8. The summed E-state index contributed by atoms with van der Waals surface area (Å²) in [5, 5.41) is 27.5. The van der Waals surface area contributed by atoms with Crippen LogP contribution >= 0.6 is 24.0 Å². The molecule has 0 unspecified atom stereocenters. The fraction of sp³-hybridized carbons (Fsp3) is 0.194. The Hall–Kier alpha value is -4.68. The van der Waals surface area contributed by atoms with Gasteiger partial charge in [-0.05, 0) is 47.6 Å². The van der Waals surface area contributed by atoms with Crippen molar-refractivity contribution < 1.29 is 4.74 Å². The Bertz CT molecular complexity index is 1580. The fourth-order valence-electron chi connectivity index (χ4n) is 4.75. The van der Waals surface area contributed by atoms with Crippen LogP contribution in [0.25, 0.3) is 0 Å². The third kappa shape index (κ3) is 6.55. The molecule has 6 aromatic rings. The van der Waals surface area contributed by atoms with Crippen LogP contribution in [0.15, 0.2) is 110 Å². The second kappa shape index (κ2) is 13.1. The van der Waals surface area contributed by atoms with Crippen molar-refractivity contribution in [3.63, 3.8) is 0 Å². The molecule has 3 heterocycles. The maximum atomic E-state index is 5.80. The molecule has 3 aromatic heterocycles. The van der Waals surface area contributed by atoms with Crippen molar-refractivity contribution in [3.8, 4) is 0 Å². The van der Waals surface area contributed by atoms with E-state index in [1.54, 1.807) is 14.0 Å². The average Bonchev–Trinajstić information content (AvgIpc) is 3.81. The van der Waals surface area contributed by atoms with Crippen LogP contribution in [0.1, 0.15) is 40.7 Å². The van der Waals surface area contributed by atoms with E-state index in [0.29, 0.717) is 47.7 Å². The Morgan fingerprint density at radius 2 is 0.977 bits per heavy atom. The zero-order chi connectivity index (χ0) is 29.5. The number of rotatable bonds is 11. The van der Waals surface area contributed by atoms with Crippen LogP contribution in [0.2, 0.25) is 0 Å². The first-order chi connectivity index (χ1) is 21.1. The van der Waals surface area contributed by atoms with Crippen molar-refractivity contribution in [2.45, 2.75) is 31.3 Å². The largest absolute Gasteiger partial charge is 0.479 e. The summed E-state index contributed by atoms with van der Waals surface area (Å²) in [5.41, 5.74) is 5.08. The summed E-state index contributed by atoms with van der Waals surface area (Å²) in [7, 11) is 0. The highest BCUT2D eigenvalue weighted by Crippen LogP contribution is 2.47. The van der Waals surface area contributed by atoms with E-state index in [2.05, 4.69) is 67.3 Å². The number of ether oxygens (including phenoxy) is 1. The summed E-state index contributed by atoms with van der Waals surface area (Å²) < 4.78 is 10.4. The number of aromatic nitrogens is 9. The van der Waals surface area contributed by atoms with E-state index >= 15 is 0 Å². The minimum Gasteiger partial charge on any atom is -0.479 e. The predicted octanol–water partition coefficient (Wildman–Crippen LogP) is 4.95. The molecule has 12 heteroatoms. The predicted molar refractivity (Wildman–Crippen MR) is 168 cm³/mol. The van der Waals surface area contributed by atoms with Gasteiger partial charge in [-0.2, -0.15) is 0 Å². The molecule has 3 aromatic carbocycles. The summed E-state index contributed by atoms with van der Waals surface area (Å²) in [6.45, 7) is 3.96. The van der Waals surface area contributed by atoms with Gasteiger partial charge < -0.3 is 4.74 Å². The molecule has 0 fully saturated rings. The number of hydrogen-bond donors (Lipinski definition) is 0. The van der Waals surface area contributed by atoms with Gasteiger partial charge in [0.25, 0.3) is 0 Å². The Morgan fingerprint density at radius 1 is 0.628 bits per heavy atom. The molecule has 43 heavy (non-hydrogen) atoms. The number of hydrogen-bond acceptors (Lipinski definition) is 9. The zero-order valence-corrected chi connectivity index (χ0v) is 25.1. The van der Waals surface area contributed by atoms with Crippen molar-refractivity contribution in [3.05, 3.63) is 143 Å². The van der Waals surface area contributed by atoms with Crippen molar-refractivity contribution in [2.75, 3.05) is 6.61 Å². The van der Waals surface area contributed by atoms with Crippen molar-refractivity contribution in [1.82, 2.24) is 45.0 Å². The number of nitrogens with zero attached hydrogens (tertiary/aromatic N) is 9. The van der Waals surface area contributed by atoms with Gasteiger partial charge in [0.2, 0.25) is 4.38 Å². The van der Waals surface area contributed by atoms with E-state index in [4.69, 9.17) is 17.0 Å². The van der Waals surface area contributed by atoms with E-state index in [1.807, 2.05) is 80.1 Å². The molecule has 6 rings (SSSR count). The molecule has 10 nitrogen and oxygen atoms in total. The number of benzene rings is 3. The van der Waals surface area contributed by atoms with E-state index in [9.17, 15) is 0 Å². The van der Waals surface area contributed by atoms with E-state index < -0.39 is 4.75 Å². The fourth-order valence-corrected chi connectivity index (χ4v) is 6.26. The first-order valence-corrected chi connectivity index (χ1v) is 15.0. The van der Waals surface area contributed by atoms with Crippen LogP contribution in [-0.2, 0) is 29.1 Å². The van der Waals surface area contributed by atoms with Crippen LogP contribution in [-0.4, -0.2) is 56.0 Å². The van der Waals surface area contributed by atoms with Crippen molar-refractivity contribution in [2.24, 2.45) is 0 Å². The zero-order valence-electron chi connectivity index (χ0n) is 23.5. The minimum absolute atomic E-state index is 0.329. The topological polar surface area (TPSA) is 101 Å².